The Hall–Kier alpha value is -1.06. The molecule has 0 atom stereocenters. The molecule has 0 fully saturated rings. The summed E-state index contributed by atoms with van der Waals surface area (Å²) in [4.78, 5) is 11.4. The molecule has 2 N–H and O–H groups in total. The molecule has 1 aromatic carbocycles. The van der Waals surface area contributed by atoms with Gasteiger partial charge in [-0.25, -0.2) is 0 Å². The third-order valence-electron chi connectivity index (χ3n) is 2.28. The second-order valence-corrected chi connectivity index (χ2v) is 5.01. The number of nitrogens with two attached hydrogens (primary N) is 1. The minimum absolute atomic E-state index is 0.254. The van der Waals surface area contributed by atoms with Gasteiger partial charge in [0.1, 0.15) is 5.60 Å². The zero-order valence-corrected chi connectivity index (χ0v) is 11.0. The molecule has 0 heterocycles. The lowest BCUT2D eigenvalue weighted by Crippen LogP contribution is -2.31. The van der Waals surface area contributed by atoms with Crippen LogP contribution < -0.4 is 5.73 Å². The molecule has 3 nitrogen and oxygen atoms in total. The summed E-state index contributed by atoms with van der Waals surface area (Å²) in [6, 6.07) is 7.52. The fourth-order valence-electron chi connectivity index (χ4n) is 1.61. The number of carbonyl (C=O) groups excluding carboxylic acids is 1. The highest BCUT2D eigenvalue weighted by molar-refractivity contribution is 6.30. The Labute approximate surface area is 107 Å². The lowest BCUT2D eigenvalue weighted by Gasteiger charge is -2.25. The van der Waals surface area contributed by atoms with Gasteiger partial charge in [-0.05, 0) is 31.5 Å². The van der Waals surface area contributed by atoms with Gasteiger partial charge in [0.15, 0.2) is 0 Å². The van der Waals surface area contributed by atoms with Crippen LogP contribution in [0.15, 0.2) is 24.3 Å². The highest BCUT2D eigenvalue weighted by Gasteiger charge is 2.22. The van der Waals surface area contributed by atoms with Gasteiger partial charge in [-0.1, -0.05) is 23.7 Å². The van der Waals surface area contributed by atoms with Gasteiger partial charge in [0.25, 0.3) is 0 Å². The van der Waals surface area contributed by atoms with Gasteiger partial charge in [0.05, 0.1) is 6.42 Å². The van der Waals surface area contributed by atoms with Gasteiger partial charge in [-0.15, -0.1) is 0 Å². The molecule has 1 rings (SSSR count). The van der Waals surface area contributed by atoms with E-state index in [0.29, 0.717) is 18.0 Å². The minimum Gasteiger partial charge on any atom is -0.459 e. The lowest BCUT2D eigenvalue weighted by atomic mass is 9.98. The van der Waals surface area contributed by atoms with E-state index in [-0.39, 0.29) is 12.4 Å². The quantitative estimate of drug-likeness (QED) is 0.823. The number of carbonyl (C=O) groups is 1. The van der Waals surface area contributed by atoms with Crippen LogP contribution in [0.2, 0.25) is 5.02 Å². The molecular weight excluding hydrogens is 238 g/mol. The summed E-state index contributed by atoms with van der Waals surface area (Å²) in [6.45, 7) is 4.09. The van der Waals surface area contributed by atoms with Crippen molar-refractivity contribution in [3.05, 3.63) is 34.9 Å². The van der Waals surface area contributed by atoms with Gasteiger partial charge in [0, 0.05) is 18.0 Å². The van der Waals surface area contributed by atoms with Crippen molar-refractivity contribution in [3.63, 3.8) is 0 Å². The summed E-state index contributed by atoms with van der Waals surface area (Å²) in [6.07, 6.45) is 0.907. The maximum absolute atomic E-state index is 11.4. The van der Waals surface area contributed by atoms with Crippen LogP contribution in [0.1, 0.15) is 25.8 Å². The molecule has 0 unspecified atom stereocenters. The van der Waals surface area contributed by atoms with Crippen LogP contribution in [-0.4, -0.2) is 18.1 Å². The van der Waals surface area contributed by atoms with Crippen LogP contribution in [0.25, 0.3) is 0 Å². The van der Waals surface area contributed by atoms with Crippen LogP contribution >= 0.6 is 11.6 Å². The number of hydrogen-bond acceptors (Lipinski definition) is 3. The molecule has 0 aromatic heterocycles. The van der Waals surface area contributed by atoms with Crippen LogP contribution in [0.5, 0.6) is 0 Å². The summed E-state index contributed by atoms with van der Waals surface area (Å²) in [7, 11) is 0. The van der Waals surface area contributed by atoms with E-state index < -0.39 is 5.60 Å². The molecule has 0 bridgehead atoms. The first-order valence-electron chi connectivity index (χ1n) is 5.59. The molecule has 0 aliphatic carbocycles. The van der Waals surface area contributed by atoms with Crippen LogP contribution in [0, 0.1) is 0 Å². The number of halogens is 1. The number of benzene rings is 1. The van der Waals surface area contributed by atoms with Crippen LogP contribution in [-0.2, 0) is 16.0 Å². The fraction of sp³-hybridized carbons (Fsp3) is 0.462. The Morgan fingerprint density at radius 2 is 1.94 bits per heavy atom. The molecule has 1 aromatic rings. The Bertz CT molecular complexity index is 374. The van der Waals surface area contributed by atoms with E-state index in [4.69, 9.17) is 22.1 Å². The maximum atomic E-state index is 11.4. The average molecular weight is 256 g/mol. The molecule has 0 aliphatic rings. The van der Waals surface area contributed by atoms with Gasteiger partial charge < -0.3 is 10.5 Å². The first-order chi connectivity index (χ1) is 7.93. The van der Waals surface area contributed by atoms with E-state index in [1.165, 1.54) is 0 Å². The minimum atomic E-state index is -0.528. The number of hydrogen-bond donors (Lipinski definition) is 1. The third-order valence-corrected chi connectivity index (χ3v) is 2.53. The first kappa shape index (κ1) is 14.0. The Balaban J connectivity index is 2.59. The number of rotatable bonds is 5. The monoisotopic (exact) mass is 255 g/mol. The number of ether oxygens (including phenoxy) is 1. The van der Waals surface area contributed by atoms with E-state index in [2.05, 4.69) is 0 Å². The Morgan fingerprint density at radius 3 is 2.47 bits per heavy atom. The number of esters is 1. The predicted octanol–water partition coefficient (Wildman–Crippen LogP) is 2.55. The van der Waals surface area contributed by atoms with Gasteiger partial charge in [0.2, 0.25) is 0 Å². The molecule has 0 saturated carbocycles. The van der Waals surface area contributed by atoms with E-state index in [1.807, 2.05) is 38.1 Å². The van der Waals surface area contributed by atoms with Gasteiger partial charge >= 0.3 is 5.97 Å². The molecule has 0 aliphatic heterocycles. The van der Waals surface area contributed by atoms with Crippen molar-refractivity contribution < 1.29 is 9.53 Å². The standard InChI is InChI=1S/C13H18ClNO2/c1-13(2,17-12(16)7-8-15)9-10-3-5-11(14)6-4-10/h3-6H,7-9,15H2,1-2H3. The summed E-state index contributed by atoms with van der Waals surface area (Å²) in [5, 5.41) is 0.701. The van der Waals surface area contributed by atoms with E-state index in [9.17, 15) is 4.79 Å². The molecule has 0 amide bonds. The highest BCUT2D eigenvalue weighted by Crippen LogP contribution is 2.19. The largest absolute Gasteiger partial charge is 0.459 e. The smallest absolute Gasteiger partial charge is 0.307 e. The second kappa shape index (κ2) is 6.03. The Morgan fingerprint density at radius 1 is 1.35 bits per heavy atom. The molecule has 94 valence electrons. The van der Waals surface area contributed by atoms with Gasteiger partial charge in [-0.2, -0.15) is 0 Å². The zero-order chi connectivity index (χ0) is 12.9. The molecule has 17 heavy (non-hydrogen) atoms. The first-order valence-corrected chi connectivity index (χ1v) is 5.97. The SMILES string of the molecule is CC(C)(Cc1ccc(Cl)cc1)OC(=O)CCN. The van der Waals surface area contributed by atoms with Crippen molar-refractivity contribution >= 4 is 17.6 Å². The summed E-state index contributed by atoms with van der Waals surface area (Å²) in [5.74, 6) is -0.258. The van der Waals surface area contributed by atoms with E-state index in [0.717, 1.165) is 5.56 Å². The van der Waals surface area contributed by atoms with Crippen molar-refractivity contribution in [2.45, 2.75) is 32.3 Å². The normalized spacial score (nSPS) is 11.3. The molecular formula is C13H18ClNO2. The van der Waals surface area contributed by atoms with Crippen molar-refractivity contribution in [1.29, 1.82) is 0 Å². The molecule has 0 saturated heterocycles. The topological polar surface area (TPSA) is 52.3 Å². The third kappa shape index (κ3) is 5.20. The maximum Gasteiger partial charge on any atom is 0.307 e. The molecule has 4 heteroatoms. The van der Waals surface area contributed by atoms with E-state index in [1.54, 1.807) is 0 Å². The zero-order valence-electron chi connectivity index (χ0n) is 10.2. The van der Waals surface area contributed by atoms with E-state index >= 15 is 0 Å². The summed E-state index contributed by atoms with van der Waals surface area (Å²) in [5.41, 5.74) is 5.86. The van der Waals surface area contributed by atoms with Crippen molar-refractivity contribution in [2.75, 3.05) is 6.54 Å². The van der Waals surface area contributed by atoms with Crippen molar-refractivity contribution in [1.82, 2.24) is 0 Å². The molecule has 0 radical (unpaired) electrons. The lowest BCUT2D eigenvalue weighted by molar-refractivity contribution is -0.156. The van der Waals surface area contributed by atoms with Crippen molar-refractivity contribution in [2.24, 2.45) is 5.73 Å². The van der Waals surface area contributed by atoms with Crippen LogP contribution in [0.3, 0.4) is 0 Å². The predicted molar refractivity (Wildman–Crippen MR) is 69.0 cm³/mol. The summed E-state index contributed by atoms with van der Waals surface area (Å²) < 4.78 is 5.36. The Kier molecular flexibility index (Phi) is 4.97. The average Bonchev–Trinajstić information content (AvgIpc) is 2.20. The fourth-order valence-corrected chi connectivity index (χ4v) is 1.73. The van der Waals surface area contributed by atoms with Crippen LogP contribution in [0.4, 0.5) is 0 Å². The van der Waals surface area contributed by atoms with Crippen molar-refractivity contribution in [3.8, 4) is 0 Å². The summed E-state index contributed by atoms with van der Waals surface area (Å²) >= 11 is 5.81. The second-order valence-electron chi connectivity index (χ2n) is 4.58. The highest BCUT2D eigenvalue weighted by atomic mass is 35.5. The van der Waals surface area contributed by atoms with Gasteiger partial charge in [-0.3, -0.25) is 4.79 Å². The molecule has 0 spiro atoms.